The van der Waals surface area contributed by atoms with Crippen molar-refractivity contribution in [3.05, 3.63) is 5.53 Å². The molecule has 0 heterocycles. The van der Waals surface area contributed by atoms with Crippen molar-refractivity contribution in [1.82, 2.24) is 5.32 Å². The predicted molar refractivity (Wildman–Crippen MR) is 80.6 cm³/mol. The molecule has 1 N–H and O–H groups in total. The zero-order chi connectivity index (χ0) is 17.3. The van der Waals surface area contributed by atoms with Gasteiger partial charge in [0, 0.05) is 6.42 Å². The molecule has 0 aliphatic carbocycles. The predicted octanol–water partition coefficient (Wildman–Crippen LogP) is -0.160. The SMILES string of the molecule is CC(C)OC(=O)[C@H](CCC(=O)C=[N+]=[N-])NC(=O)[C@H](C)[S+](C)[O-]. The fraction of sp³-hybridized carbons (Fsp3) is 0.692. The lowest BCUT2D eigenvalue weighted by atomic mass is 10.1. The number of nitrogens with one attached hydrogen (secondary N) is 1. The third-order valence-corrected chi connectivity index (χ3v) is 3.91. The highest BCUT2D eigenvalue weighted by atomic mass is 32.2. The van der Waals surface area contributed by atoms with Gasteiger partial charge >= 0.3 is 12.2 Å². The first-order valence-electron chi connectivity index (χ1n) is 6.72. The second kappa shape index (κ2) is 10.1. The summed E-state index contributed by atoms with van der Waals surface area (Å²) in [4.78, 5) is 37.7. The van der Waals surface area contributed by atoms with E-state index in [9.17, 15) is 18.9 Å². The summed E-state index contributed by atoms with van der Waals surface area (Å²) < 4.78 is 16.3. The number of nitrogens with zero attached hydrogens (tertiary/aromatic N) is 2. The molecule has 0 aromatic carbocycles. The zero-order valence-electron chi connectivity index (χ0n) is 13.1. The van der Waals surface area contributed by atoms with Crippen LogP contribution in [0.25, 0.3) is 5.53 Å². The van der Waals surface area contributed by atoms with Gasteiger partial charge in [0.1, 0.15) is 6.04 Å². The van der Waals surface area contributed by atoms with Crippen LogP contribution < -0.4 is 5.32 Å². The van der Waals surface area contributed by atoms with Crippen LogP contribution in [0.4, 0.5) is 0 Å². The van der Waals surface area contributed by atoms with Crippen molar-refractivity contribution in [2.45, 2.75) is 51.0 Å². The second-order valence-corrected chi connectivity index (χ2v) is 6.64. The van der Waals surface area contributed by atoms with Crippen molar-refractivity contribution in [2.24, 2.45) is 0 Å². The van der Waals surface area contributed by atoms with Gasteiger partial charge < -0.3 is 20.1 Å². The number of amides is 1. The molecule has 0 bridgehead atoms. The average Bonchev–Trinajstić information content (AvgIpc) is 2.41. The minimum atomic E-state index is -1.38. The molecule has 0 aromatic rings. The number of carbonyl (C=O) groups excluding carboxylic acids is 3. The Morgan fingerprint density at radius 3 is 2.41 bits per heavy atom. The van der Waals surface area contributed by atoms with E-state index >= 15 is 0 Å². The second-order valence-electron chi connectivity index (χ2n) is 4.94. The molecule has 0 rings (SSSR count). The van der Waals surface area contributed by atoms with Crippen molar-refractivity contribution in [3.63, 3.8) is 0 Å². The molecular formula is C13H21N3O5S. The number of hydrogen-bond acceptors (Lipinski definition) is 5. The molecule has 3 atom stereocenters. The lowest BCUT2D eigenvalue weighted by molar-refractivity contribution is -0.151. The van der Waals surface area contributed by atoms with E-state index in [1.807, 2.05) is 0 Å². The molecule has 1 amide bonds. The van der Waals surface area contributed by atoms with Gasteiger partial charge in [-0.2, -0.15) is 4.79 Å². The van der Waals surface area contributed by atoms with Crippen molar-refractivity contribution in [2.75, 3.05) is 6.26 Å². The summed E-state index contributed by atoms with van der Waals surface area (Å²) in [5.41, 5.74) is 8.26. The van der Waals surface area contributed by atoms with Crippen molar-refractivity contribution in [1.29, 1.82) is 0 Å². The number of hydrogen-bond donors (Lipinski definition) is 1. The van der Waals surface area contributed by atoms with Gasteiger partial charge in [-0.1, -0.05) is 0 Å². The fourth-order valence-corrected chi connectivity index (χ4v) is 1.79. The summed E-state index contributed by atoms with van der Waals surface area (Å²) in [7, 11) is 0. The number of ketones is 1. The summed E-state index contributed by atoms with van der Waals surface area (Å²) in [6.45, 7) is 4.79. The van der Waals surface area contributed by atoms with Gasteiger partial charge in [0.15, 0.2) is 5.25 Å². The van der Waals surface area contributed by atoms with Crippen LogP contribution in [0.2, 0.25) is 0 Å². The van der Waals surface area contributed by atoms with E-state index in [0.29, 0.717) is 0 Å². The molecule has 0 saturated carbocycles. The summed E-state index contributed by atoms with van der Waals surface area (Å²) in [6.07, 6.45) is 1.61. The molecule has 8 nitrogen and oxygen atoms in total. The van der Waals surface area contributed by atoms with Crippen molar-refractivity contribution < 1.29 is 28.5 Å². The number of Topliss-reactive ketones (excluding diaryl/α,β-unsaturated/α-hetero) is 1. The Morgan fingerprint density at radius 1 is 1.36 bits per heavy atom. The number of ether oxygens (including phenoxy) is 1. The van der Waals surface area contributed by atoms with Crippen LogP contribution in [-0.4, -0.2) is 56.9 Å². The van der Waals surface area contributed by atoms with Crippen molar-refractivity contribution in [3.8, 4) is 0 Å². The Bertz CT molecular complexity index is 461. The van der Waals surface area contributed by atoms with Crippen LogP contribution in [0.3, 0.4) is 0 Å². The first-order valence-corrected chi connectivity index (χ1v) is 8.34. The molecule has 0 radical (unpaired) electrons. The molecule has 0 saturated heterocycles. The Balaban J connectivity index is 4.85. The Hall–Kier alpha value is -1.70. The first-order chi connectivity index (χ1) is 10.2. The number of carbonyl (C=O) groups is 3. The van der Waals surface area contributed by atoms with E-state index < -0.39 is 40.1 Å². The molecule has 0 aliphatic heterocycles. The molecule has 1 unspecified atom stereocenters. The Kier molecular flexibility index (Phi) is 9.32. The standard InChI is InChI=1S/C13H21N3O5S/c1-8(2)21-13(19)11(6-5-10(17)7-15-14)16-12(18)9(3)22(4)20/h7-9,11H,5-6H2,1-4H3,(H,16,18)/t9-,11-,22?/m0/s1. The average molecular weight is 331 g/mol. The van der Waals surface area contributed by atoms with Crippen LogP contribution >= 0.6 is 0 Å². The molecule has 22 heavy (non-hydrogen) atoms. The van der Waals surface area contributed by atoms with Crippen LogP contribution in [0.5, 0.6) is 0 Å². The third-order valence-electron chi connectivity index (χ3n) is 2.70. The number of esters is 1. The summed E-state index contributed by atoms with van der Waals surface area (Å²) >= 11 is -1.38. The maximum Gasteiger partial charge on any atom is 0.328 e. The zero-order valence-corrected chi connectivity index (χ0v) is 13.9. The van der Waals surface area contributed by atoms with Gasteiger partial charge in [0.05, 0.1) is 12.4 Å². The van der Waals surface area contributed by atoms with E-state index in [4.69, 9.17) is 10.3 Å². The molecular weight excluding hydrogens is 310 g/mol. The molecule has 9 heteroatoms. The molecule has 124 valence electrons. The third kappa shape index (κ3) is 7.92. The monoisotopic (exact) mass is 331 g/mol. The summed E-state index contributed by atoms with van der Waals surface area (Å²) in [5, 5.41) is 1.65. The molecule has 0 aromatic heterocycles. The molecule has 0 fully saturated rings. The highest BCUT2D eigenvalue weighted by Gasteiger charge is 2.29. The van der Waals surface area contributed by atoms with Crippen LogP contribution in [0, 0.1) is 0 Å². The van der Waals surface area contributed by atoms with Crippen LogP contribution in [-0.2, 0) is 30.3 Å². The van der Waals surface area contributed by atoms with Gasteiger partial charge in [-0.3, -0.25) is 9.59 Å². The Morgan fingerprint density at radius 2 is 1.95 bits per heavy atom. The maximum atomic E-state index is 11.9. The molecule has 0 aliphatic rings. The largest absolute Gasteiger partial charge is 0.616 e. The summed E-state index contributed by atoms with van der Waals surface area (Å²) in [6, 6.07) is -1.03. The van der Waals surface area contributed by atoms with Crippen molar-refractivity contribution >= 4 is 35.1 Å². The topological polar surface area (TPSA) is 132 Å². The molecule has 0 spiro atoms. The van der Waals surface area contributed by atoms with Gasteiger partial charge in [-0.05, 0) is 38.4 Å². The highest BCUT2D eigenvalue weighted by Crippen LogP contribution is 2.06. The quantitative estimate of drug-likeness (QED) is 0.206. The van der Waals surface area contributed by atoms with E-state index in [2.05, 4.69) is 10.1 Å². The van der Waals surface area contributed by atoms with Crippen LogP contribution in [0.1, 0.15) is 33.6 Å². The Labute approximate surface area is 132 Å². The number of rotatable bonds is 9. The maximum absolute atomic E-state index is 11.9. The van der Waals surface area contributed by atoms with E-state index in [1.165, 1.54) is 13.2 Å². The normalized spacial score (nSPS) is 14.5. The first kappa shape index (κ1) is 20.3. The van der Waals surface area contributed by atoms with Crippen LogP contribution in [0.15, 0.2) is 0 Å². The fourth-order valence-electron chi connectivity index (χ4n) is 1.42. The van der Waals surface area contributed by atoms with Gasteiger partial charge in [0.25, 0.3) is 5.91 Å². The minimum absolute atomic E-state index is 0.00871. The van der Waals surface area contributed by atoms with E-state index in [1.54, 1.807) is 13.8 Å². The smallest absolute Gasteiger partial charge is 0.328 e. The lowest BCUT2D eigenvalue weighted by Crippen LogP contribution is -2.47. The van der Waals surface area contributed by atoms with Gasteiger partial charge in [-0.15, -0.1) is 0 Å². The minimum Gasteiger partial charge on any atom is -0.616 e. The van der Waals surface area contributed by atoms with E-state index in [0.717, 1.165) is 6.21 Å². The van der Waals surface area contributed by atoms with Gasteiger partial charge in [0.2, 0.25) is 5.78 Å². The van der Waals surface area contributed by atoms with E-state index in [-0.39, 0.29) is 18.9 Å². The highest BCUT2D eigenvalue weighted by molar-refractivity contribution is 7.92. The van der Waals surface area contributed by atoms with Gasteiger partial charge in [-0.25, -0.2) is 4.79 Å². The lowest BCUT2D eigenvalue weighted by Gasteiger charge is -2.21. The summed E-state index contributed by atoms with van der Waals surface area (Å²) in [5.74, 6) is -1.73.